The van der Waals surface area contributed by atoms with Gasteiger partial charge in [-0.3, -0.25) is 4.99 Å². The molecule has 0 radical (unpaired) electrons. The number of allylic oxidation sites excluding steroid dienone is 1. The summed E-state index contributed by atoms with van der Waals surface area (Å²) >= 11 is 0. The van der Waals surface area contributed by atoms with Gasteiger partial charge in [0.15, 0.2) is 5.54 Å². The fourth-order valence-electron chi connectivity index (χ4n) is 3.09. The molecular formula is C23H27NO2. The van der Waals surface area contributed by atoms with Gasteiger partial charge in [-0.05, 0) is 19.3 Å². The molecule has 0 spiro atoms. The molecule has 26 heavy (non-hydrogen) atoms. The SMILES string of the molecule is CC=CCC(CC(C)C)(N=C(c1ccccc1)c1ccccc1)C(=O)O. The average Bonchev–Trinajstić information content (AvgIpc) is 2.64. The second kappa shape index (κ2) is 9.14. The third-order valence-electron chi connectivity index (χ3n) is 4.26. The van der Waals surface area contributed by atoms with Crippen molar-refractivity contribution in [2.75, 3.05) is 0 Å². The predicted molar refractivity (Wildman–Crippen MR) is 108 cm³/mol. The highest BCUT2D eigenvalue weighted by Crippen LogP contribution is 2.29. The van der Waals surface area contributed by atoms with E-state index in [1.807, 2.05) is 93.6 Å². The highest BCUT2D eigenvalue weighted by molar-refractivity contribution is 6.13. The van der Waals surface area contributed by atoms with Gasteiger partial charge in [-0.2, -0.15) is 0 Å². The molecule has 0 saturated heterocycles. The molecule has 3 heteroatoms. The maximum absolute atomic E-state index is 12.3. The molecule has 0 aromatic heterocycles. The highest BCUT2D eigenvalue weighted by Gasteiger charge is 2.38. The molecule has 0 amide bonds. The number of hydrogen-bond acceptors (Lipinski definition) is 2. The lowest BCUT2D eigenvalue weighted by Gasteiger charge is -2.28. The van der Waals surface area contributed by atoms with Gasteiger partial charge in [-0.1, -0.05) is 86.7 Å². The quantitative estimate of drug-likeness (QED) is 0.515. The first-order valence-electron chi connectivity index (χ1n) is 9.04. The van der Waals surface area contributed by atoms with E-state index in [4.69, 9.17) is 4.99 Å². The lowest BCUT2D eigenvalue weighted by atomic mass is 9.85. The Morgan fingerprint density at radius 1 is 1.04 bits per heavy atom. The summed E-state index contributed by atoms with van der Waals surface area (Å²) in [5.74, 6) is -0.665. The molecule has 3 nitrogen and oxygen atoms in total. The molecule has 1 N–H and O–H groups in total. The van der Waals surface area contributed by atoms with Crippen molar-refractivity contribution in [2.24, 2.45) is 10.9 Å². The van der Waals surface area contributed by atoms with Crippen LogP contribution in [0, 0.1) is 5.92 Å². The van der Waals surface area contributed by atoms with Crippen LogP contribution < -0.4 is 0 Å². The normalized spacial score (nSPS) is 13.5. The topological polar surface area (TPSA) is 49.7 Å². The lowest BCUT2D eigenvalue weighted by molar-refractivity contribution is -0.143. The first-order chi connectivity index (χ1) is 12.5. The van der Waals surface area contributed by atoms with Gasteiger partial charge < -0.3 is 5.11 Å². The number of aliphatic imine (C=N–C) groups is 1. The Balaban J connectivity index is 2.68. The Morgan fingerprint density at radius 3 is 1.92 bits per heavy atom. The third-order valence-corrected chi connectivity index (χ3v) is 4.26. The van der Waals surface area contributed by atoms with E-state index in [0.717, 1.165) is 16.8 Å². The van der Waals surface area contributed by atoms with Gasteiger partial charge in [0.05, 0.1) is 5.71 Å². The van der Waals surface area contributed by atoms with Crippen LogP contribution in [-0.2, 0) is 4.79 Å². The number of carboxylic acid groups (broad SMARTS) is 1. The molecule has 136 valence electrons. The van der Waals surface area contributed by atoms with Crippen molar-refractivity contribution in [2.45, 2.75) is 39.2 Å². The smallest absolute Gasteiger partial charge is 0.331 e. The van der Waals surface area contributed by atoms with Crippen LogP contribution in [0.15, 0.2) is 77.8 Å². The van der Waals surface area contributed by atoms with Gasteiger partial charge in [0.2, 0.25) is 0 Å². The van der Waals surface area contributed by atoms with E-state index < -0.39 is 11.5 Å². The zero-order valence-corrected chi connectivity index (χ0v) is 15.7. The van der Waals surface area contributed by atoms with Crippen LogP contribution in [0.4, 0.5) is 0 Å². The number of carboxylic acids is 1. The molecule has 2 rings (SSSR count). The Hall–Kier alpha value is -2.68. The highest BCUT2D eigenvalue weighted by atomic mass is 16.4. The minimum absolute atomic E-state index is 0.216. The van der Waals surface area contributed by atoms with Crippen LogP contribution in [0.3, 0.4) is 0 Å². The molecule has 0 heterocycles. The van der Waals surface area contributed by atoms with E-state index in [1.165, 1.54) is 0 Å². The van der Waals surface area contributed by atoms with Crippen LogP contribution in [0.25, 0.3) is 0 Å². The molecule has 2 aromatic carbocycles. The van der Waals surface area contributed by atoms with Crippen LogP contribution in [-0.4, -0.2) is 22.3 Å². The van der Waals surface area contributed by atoms with Crippen LogP contribution in [0.1, 0.15) is 44.7 Å². The molecule has 0 bridgehead atoms. The number of aliphatic carboxylic acids is 1. The summed E-state index contributed by atoms with van der Waals surface area (Å²) in [5.41, 5.74) is 1.39. The first-order valence-corrected chi connectivity index (χ1v) is 9.04. The standard InChI is InChI=1S/C23H27NO2/c1-4-5-16-23(22(25)26,17-18(2)3)24-21(19-12-8-6-9-13-19)20-14-10-7-11-15-20/h4-15,18H,16-17H2,1-3H3,(H,25,26). The van der Waals surface area contributed by atoms with Crippen molar-refractivity contribution in [3.8, 4) is 0 Å². The summed E-state index contributed by atoms with van der Waals surface area (Å²) < 4.78 is 0. The third kappa shape index (κ3) is 4.92. The molecule has 1 unspecified atom stereocenters. The summed E-state index contributed by atoms with van der Waals surface area (Å²) in [6.07, 6.45) is 4.64. The molecule has 0 fully saturated rings. The van der Waals surface area contributed by atoms with E-state index in [1.54, 1.807) is 0 Å². The summed E-state index contributed by atoms with van der Waals surface area (Å²) in [6.45, 7) is 5.97. The maximum atomic E-state index is 12.3. The summed E-state index contributed by atoms with van der Waals surface area (Å²) in [7, 11) is 0. The van der Waals surface area contributed by atoms with Crippen molar-refractivity contribution in [3.05, 3.63) is 83.9 Å². The molecule has 0 aliphatic heterocycles. The van der Waals surface area contributed by atoms with Crippen LogP contribution >= 0.6 is 0 Å². The number of benzene rings is 2. The Bertz CT molecular complexity index is 722. The van der Waals surface area contributed by atoms with Gasteiger partial charge in [-0.25, -0.2) is 4.79 Å². The van der Waals surface area contributed by atoms with Crippen molar-refractivity contribution >= 4 is 11.7 Å². The molecular weight excluding hydrogens is 322 g/mol. The molecule has 0 aliphatic rings. The van der Waals surface area contributed by atoms with E-state index in [0.29, 0.717) is 12.8 Å². The van der Waals surface area contributed by atoms with Gasteiger partial charge in [-0.15, -0.1) is 0 Å². The first kappa shape index (κ1) is 19.6. The average molecular weight is 349 g/mol. The number of rotatable bonds is 8. The van der Waals surface area contributed by atoms with Gasteiger partial charge in [0, 0.05) is 17.5 Å². The van der Waals surface area contributed by atoms with Crippen molar-refractivity contribution in [1.82, 2.24) is 0 Å². The van der Waals surface area contributed by atoms with Crippen molar-refractivity contribution < 1.29 is 9.90 Å². The predicted octanol–water partition coefficient (Wildman–Crippen LogP) is 5.36. The summed E-state index contributed by atoms with van der Waals surface area (Å²) in [5, 5.41) is 10.1. The molecule has 0 aliphatic carbocycles. The lowest BCUT2D eigenvalue weighted by Crippen LogP contribution is -2.39. The molecule has 1 atom stereocenters. The largest absolute Gasteiger partial charge is 0.479 e. The number of hydrogen-bond donors (Lipinski definition) is 1. The maximum Gasteiger partial charge on any atom is 0.331 e. The zero-order valence-electron chi connectivity index (χ0n) is 15.7. The van der Waals surface area contributed by atoms with Crippen LogP contribution in [0.2, 0.25) is 0 Å². The minimum atomic E-state index is -1.18. The van der Waals surface area contributed by atoms with Crippen molar-refractivity contribution in [1.29, 1.82) is 0 Å². The Morgan fingerprint density at radius 2 is 1.54 bits per heavy atom. The fourth-order valence-corrected chi connectivity index (χ4v) is 3.09. The van der Waals surface area contributed by atoms with E-state index >= 15 is 0 Å². The van der Waals surface area contributed by atoms with E-state index in [9.17, 15) is 9.90 Å². The van der Waals surface area contributed by atoms with E-state index in [-0.39, 0.29) is 5.92 Å². The second-order valence-electron chi connectivity index (χ2n) is 6.90. The number of carbonyl (C=O) groups is 1. The Labute approximate surface area is 156 Å². The van der Waals surface area contributed by atoms with Crippen LogP contribution in [0.5, 0.6) is 0 Å². The van der Waals surface area contributed by atoms with Gasteiger partial charge in [0.25, 0.3) is 0 Å². The zero-order chi connectivity index (χ0) is 19.0. The monoisotopic (exact) mass is 349 g/mol. The van der Waals surface area contributed by atoms with E-state index in [2.05, 4.69) is 0 Å². The van der Waals surface area contributed by atoms with Crippen molar-refractivity contribution in [3.63, 3.8) is 0 Å². The van der Waals surface area contributed by atoms with Gasteiger partial charge in [0.1, 0.15) is 0 Å². The minimum Gasteiger partial charge on any atom is -0.479 e. The Kier molecular flexibility index (Phi) is 6.90. The van der Waals surface area contributed by atoms with Gasteiger partial charge >= 0.3 is 5.97 Å². The molecule has 2 aromatic rings. The summed E-state index contributed by atoms with van der Waals surface area (Å²) in [4.78, 5) is 17.2. The number of nitrogens with zero attached hydrogens (tertiary/aromatic N) is 1. The fraction of sp³-hybridized carbons (Fsp3) is 0.304. The molecule has 0 saturated carbocycles. The summed E-state index contributed by atoms with van der Waals surface area (Å²) in [6, 6.07) is 19.6. The second-order valence-corrected chi connectivity index (χ2v) is 6.90.